The van der Waals surface area contributed by atoms with Crippen molar-refractivity contribution in [2.45, 2.75) is 25.3 Å². The van der Waals surface area contributed by atoms with Gasteiger partial charge in [-0.05, 0) is 53.9 Å². The summed E-state index contributed by atoms with van der Waals surface area (Å²) in [5.41, 5.74) is 2.05. The minimum atomic E-state index is -0.261. The molecule has 0 fully saturated rings. The van der Waals surface area contributed by atoms with Crippen molar-refractivity contribution < 1.29 is 22.8 Å². The first-order chi connectivity index (χ1) is 16.1. The van der Waals surface area contributed by atoms with Crippen molar-refractivity contribution in [2.24, 2.45) is 0 Å². The average molecular weight is 447 g/mol. The van der Waals surface area contributed by atoms with Gasteiger partial charge in [-0.25, -0.2) is 13.3 Å². The van der Waals surface area contributed by atoms with Crippen LogP contribution in [-0.2, 0) is 6.54 Å². The average Bonchev–Trinajstić information content (AvgIpc) is 2.84. The Morgan fingerprint density at radius 2 is 1.30 bits per heavy atom. The van der Waals surface area contributed by atoms with Crippen LogP contribution in [0.1, 0.15) is 29.9 Å². The number of aromatic nitrogens is 1. The summed E-state index contributed by atoms with van der Waals surface area (Å²) in [7, 11) is 1.63. The first-order valence-corrected chi connectivity index (χ1v) is 10.9. The number of pyridine rings is 1. The number of hydrogen-bond acceptors (Lipinski definition) is 2. The fourth-order valence-electron chi connectivity index (χ4n) is 3.86. The van der Waals surface area contributed by atoms with E-state index in [4.69, 9.17) is 9.47 Å². The minimum Gasteiger partial charge on any atom is -0.497 e. The Labute approximate surface area is 192 Å². The van der Waals surface area contributed by atoms with E-state index in [1.54, 1.807) is 31.4 Å². The van der Waals surface area contributed by atoms with E-state index < -0.39 is 0 Å². The molecule has 0 aliphatic heterocycles. The van der Waals surface area contributed by atoms with E-state index >= 15 is 0 Å². The number of nitrogens with zero attached hydrogens (tertiary/aromatic N) is 1. The Morgan fingerprint density at radius 1 is 0.727 bits per heavy atom. The molecule has 1 aromatic heterocycles. The third-order valence-electron chi connectivity index (χ3n) is 5.59. The second kappa shape index (κ2) is 10.7. The number of benzene rings is 3. The van der Waals surface area contributed by atoms with Crippen molar-refractivity contribution >= 4 is 0 Å². The topological polar surface area (TPSA) is 22.3 Å². The molecule has 0 radical (unpaired) electrons. The van der Waals surface area contributed by atoms with Crippen molar-refractivity contribution in [2.75, 3.05) is 7.11 Å². The van der Waals surface area contributed by atoms with E-state index in [2.05, 4.69) is 4.57 Å². The van der Waals surface area contributed by atoms with Gasteiger partial charge in [0.2, 0.25) is 0 Å². The quantitative estimate of drug-likeness (QED) is 0.268. The molecule has 168 valence electrons. The number of aryl methyl sites for hydroxylation is 1. The highest BCUT2D eigenvalue weighted by Crippen LogP contribution is 2.30. The molecule has 3 aromatic carbocycles. The second-order valence-electron chi connectivity index (χ2n) is 7.85. The SMILES string of the molecule is COc1cccc(Oc2cc[n+](CCCC(c3ccc(F)cc3)c3ccc(F)cc3)cc2)c1. The molecule has 3 nitrogen and oxygen atoms in total. The van der Waals surface area contributed by atoms with Crippen LogP contribution in [0, 0.1) is 11.6 Å². The molecule has 0 aliphatic rings. The van der Waals surface area contributed by atoms with Crippen LogP contribution in [0.5, 0.6) is 17.2 Å². The fraction of sp³-hybridized carbons (Fsp3) is 0.179. The van der Waals surface area contributed by atoms with Gasteiger partial charge in [0, 0.05) is 30.5 Å². The lowest BCUT2D eigenvalue weighted by Crippen LogP contribution is -2.32. The van der Waals surface area contributed by atoms with Gasteiger partial charge in [0.15, 0.2) is 12.4 Å². The van der Waals surface area contributed by atoms with E-state index in [-0.39, 0.29) is 17.6 Å². The monoisotopic (exact) mass is 446 g/mol. The highest BCUT2D eigenvalue weighted by molar-refractivity contribution is 5.36. The normalized spacial score (nSPS) is 10.9. The molecule has 0 saturated heterocycles. The van der Waals surface area contributed by atoms with Crippen LogP contribution in [-0.4, -0.2) is 7.11 Å². The fourth-order valence-corrected chi connectivity index (χ4v) is 3.86. The Balaban J connectivity index is 1.39. The van der Waals surface area contributed by atoms with Gasteiger partial charge in [-0.3, -0.25) is 0 Å². The van der Waals surface area contributed by atoms with Crippen LogP contribution in [0.25, 0.3) is 0 Å². The van der Waals surface area contributed by atoms with Crippen LogP contribution in [0.2, 0.25) is 0 Å². The molecular weight excluding hydrogens is 420 g/mol. The molecular formula is C28H26F2NO2+. The van der Waals surface area contributed by atoms with Crippen LogP contribution < -0.4 is 14.0 Å². The Morgan fingerprint density at radius 3 is 1.88 bits per heavy atom. The first kappa shape index (κ1) is 22.5. The second-order valence-corrected chi connectivity index (χ2v) is 7.85. The summed E-state index contributed by atoms with van der Waals surface area (Å²) in [6, 6.07) is 24.5. The largest absolute Gasteiger partial charge is 0.497 e. The van der Waals surface area contributed by atoms with Crippen molar-refractivity contribution in [1.29, 1.82) is 0 Å². The van der Waals surface area contributed by atoms with Crippen molar-refractivity contribution in [3.63, 3.8) is 0 Å². The van der Waals surface area contributed by atoms with Gasteiger partial charge in [-0.2, -0.15) is 0 Å². The van der Waals surface area contributed by atoms with Gasteiger partial charge < -0.3 is 9.47 Å². The van der Waals surface area contributed by atoms with E-state index in [9.17, 15) is 8.78 Å². The van der Waals surface area contributed by atoms with Crippen molar-refractivity contribution in [3.05, 3.63) is 120 Å². The summed E-state index contributed by atoms with van der Waals surface area (Å²) < 4.78 is 40.1. The van der Waals surface area contributed by atoms with Crippen LogP contribution in [0.4, 0.5) is 8.78 Å². The zero-order valence-corrected chi connectivity index (χ0v) is 18.5. The van der Waals surface area contributed by atoms with Gasteiger partial charge in [0.05, 0.1) is 7.11 Å². The van der Waals surface area contributed by atoms with Crippen LogP contribution >= 0.6 is 0 Å². The summed E-state index contributed by atoms with van der Waals surface area (Å²) in [6.45, 7) is 0.818. The first-order valence-electron chi connectivity index (χ1n) is 10.9. The molecule has 0 N–H and O–H groups in total. The van der Waals surface area contributed by atoms with Crippen LogP contribution in [0.3, 0.4) is 0 Å². The molecule has 0 spiro atoms. The summed E-state index contributed by atoms with van der Waals surface area (Å²) in [5, 5.41) is 0. The number of hydrogen-bond donors (Lipinski definition) is 0. The Bertz CT molecular complexity index is 1110. The molecule has 33 heavy (non-hydrogen) atoms. The maximum Gasteiger partial charge on any atom is 0.172 e. The maximum atomic E-state index is 13.4. The van der Waals surface area contributed by atoms with Gasteiger partial charge in [-0.1, -0.05) is 30.3 Å². The molecule has 0 aliphatic carbocycles. The van der Waals surface area contributed by atoms with Crippen LogP contribution in [0.15, 0.2) is 97.3 Å². The lowest BCUT2D eigenvalue weighted by Gasteiger charge is -2.17. The third-order valence-corrected chi connectivity index (χ3v) is 5.59. The molecule has 0 amide bonds. The third kappa shape index (κ3) is 6.16. The van der Waals surface area contributed by atoms with E-state index in [1.807, 2.05) is 48.8 Å². The van der Waals surface area contributed by atoms with Gasteiger partial charge >= 0.3 is 0 Å². The molecule has 1 heterocycles. The lowest BCUT2D eigenvalue weighted by atomic mass is 9.87. The van der Waals surface area contributed by atoms with Gasteiger partial charge in [0.25, 0.3) is 0 Å². The van der Waals surface area contributed by atoms with Crippen molar-refractivity contribution in [1.82, 2.24) is 0 Å². The molecule has 5 heteroatoms. The van der Waals surface area contributed by atoms with E-state index in [0.717, 1.165) is 42.0 Å². The van der Waals surface area contributed by atoms with E-state index in [1.165, 1.54) is 24.3 Å². The number of ether oxygens (including phenoxy) is 2. The number of methoxy groups -OCH3 is 1. The summed E-state index contributed by atoms with van der Waals surface area (Å²) >= 11 is 0. The minimum absolute atomic E-state index is 0.0717. The Hall–Kier alpha value is -3.73. The maximum absolute atomic E-state index is 13.4. The number of rotatable bonds is 9. The van der Waals surface area contributed by atoms with Gasteiger partial charge in [-0.15, -0.1) is 0 Å². The predicted octanol–water partition coefficient (Wildman–Crippen LogP) is 6.67. The summed E-state index contributed by atoms with van der Waals surface area (Å²) in [4.78, 5) is 0. The van der Waals surface area contributed by atoms with E-state index in [0.29, 0.717) is 5.75 Å². The predicted molar refractivity (Wildman–Crippen MR) is 124 cm³/mol. The summed E-state index contributed by atoms with van der Waals surface area (Å²) in [5.74, 6) is 1.76. The zero-order valence-electron chi connectivity index (χ0n) is 18.5. The van der Waals surface area contributed by atoms with Gasteiger partial charge in [0.1, 0.15) is 35.4 Å². The molecule has 4 aromatic rings. The number of halogens is 2. The zero-order chi connectivity index (χ0) is 23.0. The molecule has 0 unspecified atom stereocenters. The highest BCUT2D eigenvalue weighted by Gasteiger charge is 2.16. The smallest absolute Gasteiger partial charge is 0.172 e. The molecule has 4 rings (SSSR count). The Kier molecular flexibility index (Phi) is 7.30. The summed E-state index contributed by atoms with van der Waals surface area (Å²) in [6.07, 6.45) is 5.73. The molecule has 0 saturated carbocycles. The molecule has 0 bridgehead atoms. The molecule has 0 atom stereocenters. The highest BCUT2D eigenvalue weighted by atomic mass is 19.1. The standard InChI is InChI=1S/C28H26F2NO2/c1-32-26-4-2-5-27(20-26)33-25-15-18-31(19-16-25)17-3-6-28(21-7-11-23(29)12-8-21)22-9-13-24(30)14-10-22/h2,4-5,7-16,18-20,28H,3,6,17H2,1H3/q+1. The lowest BCUT2D eigenvalue weighted by molar-refractivity contribution is -0.697. The van der Waals surface area contributed by atoms with Crippen molar-refractivity contribution in [3.8, 4) is 17.2 Å².